The van der Waals surface area contributed by atoms with Crippen LogP contribution in [0.3, 0.4) is 0 Å². The fraction of sp³-hybridized carbons (Fsp3) is 0.154. The minimum atomic E-state index is -0.497. The Morgan fingerprint density at radius 2 is 2.11 bits per heavy atom. The Labute approximate surface area is 103 Å². The van der Waals surface area contributed by atoms with Gasteiger partial charge in [-0.15, -0.1) is 0 Å². The van der Waals surface area contributed by atoms with E-state index >= 15 is 0 Å². The third kappa shape index (κ3) is 1.79. The van der Waals surface area contributed by atoms with Crippen LogP contribution in [-0.2, 0) is 9.59 Å². The molecule has 5 heteroatoms. The SMILES string of the molecule is O=C1CC(Nc2cccc3ncccc23)C(=O)N1. The molecule has 0 aliphatic carbocycles. The second-order valence-corrected chi connectivity index (χ2v) is 4.19. The molecule has 0 saturated carbocycles. The molecule has 1 saturated heterocycles. The normalized spacial score (nSPS) is 19.0. The van der Waals surface area contributed by atoms with Gasteiger partial charge in [-0.1, -0.05) is 6.07 Å². The molecule has 3 rings (SSSR count). The summed E-state index contributed by atoms with van der Waals surface area (Å²) in [4.78, 5) is 26.9. The zero-order valence-corrected chi connectivity index (χ0v) is 9.51. The first-order valence-electron chi connectivity index (χ1n) is 5.68. The monoisotopic (exact) mass is 241 g/mol. The van der Waals surface area contributed by atoms with E-state index in [4.69, 9.17) is 0 Å². The van der Waals surface area contributed by atoms with Gasteiger partial charge in [-0.3, -0.25) is 19.9 Å². The van der Waals surface area contributed by atoms with Gasteiger partial charge in [0.1, 0.15) is 6.04 Å². The van der Waals surface area contributed by atoms with Gasteiger partial charge in [0.15, 0.2) is 0 Å². The summed E-state index contributed by atoms with van der Waals surface area (Å²) in [6, 6.07) is 8.92. The van der Waals surface area contributed by atoms with Gasteiger partial charge in [0.2, 0.25) is 11.8 Å². The van der Waals surface area contributed by atoms with Crippen LogP contribution in [0.1, 0.15) is 6.42 Å². The van der Waals surface area contributed by atoms with Gasteiger partial charge in [0.05, 0.1) is 11.9 Å². The molecule has 1 aliphatic rings. The molecule has 2 amide bonds. The smallest absolute Gasteiger partial charge is 0.249 e. The van der Waals surface area contributed by atoms with Crippen molar-refractivity contribution in [2.45, 2.75) is 12.5 Å². The predicted molar refractivity (Wildman–Crippen MR) is 66.9 cm³/mol. The highest BCUT2D eigenvalue weighted by atomic mass is 16.2. The number of anilines is 1. The molecule has 0 spiro atoms. The second kappa shape index (κ2) is 4.10. The summed E-state index contributed by atoms with van der Waals surface area (Å²) in [5.74, 6) is -0.517. The number of aromatic nitrogens is 1. The Balaban J connectivity index is 1.95. The highest BCUT2D eigenvalue weighted by molar-refractivity contribution is 6.07. The van der Waals surface area contributed by atoms with Gasteiger partial charge in [-0.25, -0.2) is 0 Å². The van der Waals surface area contributed by atoms with E-state index in [0.717, 1.165) is 16.6 Å². The van der Waals surface area contributed by atoms with Crippen LogP contribution in [0.25, 0.3) is 10.9 Å². The van der Waals surface area contributed by atoms with Crippen molar-refractivity contribution in [2.24, 2.45) is 0 Å². The standard InChI is InChI=1S/C13H11N3O2/c17-12-7-11(13(18)16-12)15-10-5-1-4-9-8(10)3-2-6-14-9/h1-6,11,15H,7H2,(H,16,17,18). The largest absolute Gasteiger partial charge is 0.373 e. The van der Waals surface area contributed by atoms with Crippen LogP contribution in [0.2, 0.25) is 0 Å². The number of imide groups is 1. The number of fused-ring (bicyclic) bond motifs is 1. The molecule has 0 bridgehead atoms. The molecule has 1 unspecified atom stereocenters. The molecule has 1 atom stereocenters. The lowest BCUT2D eigenvalue weighted by atomic mass is 10.1. The van der Waals surface area contributed by atoms with E-state index in [9.17, 15) is 9.59 Å². The minimum Gasteiger partial charge on any atom is -0.373 e. The number of hydrogen-bond donors (Lipinski definition) is 2. The van der Waals surface area contributed by atoms with Gasteiger partial charge >= 0.3 is 0 Å². The van der Waals surface area contributed by atoms with Crippen molar-refractivity contribution in [1.29, 1.82) is 0 Å². The number of hydrogen-bond acceptors (Lipinski definition) is 4. The quantitative estimate of drug-likeness (QED) is 0.771. The van der Waals surface area contributed by atoms with E-state index in [-0.39, 0.29) is 18.2 Å². The molecule has 90 valence electrons. The van der Waals surface area contributed by atoms with Crippen molar-refractivity contribution in [3.63, 3.8) is 0 Å². The predicted octanol–water partition coefficient (Wildman–Crippen LogP) is 1.06. The average molecular weight is 241 g/mol. The first-order chi connectivity index (χ1) is 8.74. The lowest BCUT2D eigenvalue weighted by molar-refractivity contribution is -0.124. The Bertz CT molecular complexity index is 634. The molecule has 1 aromatic heterocycles. The van der Waals surface area contributed by atoms with Crippen LogP contribution >= 0.6 is 0 Å². The molecule has 2 N–H and O–H groups in total. The van der Waals surface area contributed by atoms with Crippen molar-refractivity contribution in [3.05, 3.63) is 36.5 Å². The van der Waals surface area contributed by atoms with E-state index < -0.39 is 6.04 Å². The van der Waals surface area contributed by atoms with Crippen LogP contribution in [0.5, 0.6) is 0 Å². The third-order valence-corrected chi connectivity index (χ3v) is 2.94. The van der Waals surface area contributed by atoms with Crippen molar-refractivity contribution >= 4 is 28.4 Å². The second-order valence-electron chi connectivity index (χ2n) is 4.19. The Hall–Kier alpha value is -2.43. The summed E-state index contributed by atoms with van der Waals surface area (Å²) in [6.45, 7) is 0. The minimum absolute atomic E-state index is 0.176. The van der Waals surface area contributed by atoms with Gasteiger partial charge in [-0.05, 0) is 24.3 Å². The summed E-state index contributed by atoms with van der Waals surface area (Å²) in [6.07, 6.45) is 1.90. The van der Waals surface area contributed by atoms with Gasteiger partial charge in [0.25, 0.3) is 0 Å². The lowest BCUT2D eigenvalue weighted by Crippen LogP contribution is -2.30. The Morgan fingerprint density at radius 3 is 2.89 bits per heavy atom. The fourth-order valence-electron chi connectivity index (χ4n) is 2.09. The number of carbonyl (C=O) groups excluding carboxylic acids is 2. The fourth-order valence-corrected chi connectivity index (χ4v) is 2.09. The number of pyridine rings is 1. The van der Waals surface area contributed by atoms with Crippen LogP contribution in [0, 0.1) is 0 Å². The van der Waals surface area contributed by atoms with Gasteiger partial charge in [-0.2, -0.15) is 0 Å². The van der Waals surface area contributed by atoms with E-state index in [1.165, 1.54) is 0 Å². The van der Waals surface area contributed by atoms with Crippen LogP contribution in [0.4, 0.5) is 5.69 Å². The van der Waals surface area contributed by atoms with Crippen LogP contribution in [-0.4, -0.2) is 22.8 Å². The van der Waals surface area contributed by atoms with E-state index in [1.54, 1.807) is 6.20 Å². The summed E-state index contributed by atoms with van der Waals surface area (Å²) < 4.78 is 0. The summed E-state index contributed by atoms with van der Waals surface area (Å²) in [7, 11) is 0. The molecule has 1 aliphatic heterocycles. The molecular formula is C13H11N3O2. The number of amides is 2. The molecule has 2 heterocycles. The highest BCUT2D eigenvalue weighted by Gasteiger charge is 2.30. The van der Waals surface area contributed by atoms with Crippen molar-refractivity contribution in [3.8, 4) is 0 Å². The molecular weight excluding hydrogens is 230 g/mol. The number of rotatable bonds is 2. The van der Waals surface area contributed by atoms with E-state index in [0.29, 0.717) is 0 Å². The van der Waals surface area contributed by atoms with Crippen molar-refractivity contribution in [1.82, 2.24) is 10.3 Å². The molecule has 0 radical (unpaired) electrons. The van der Waals surface area contributed by atoms with Crippen molar-refractivity contribution in [2.75, 3.05) is 5.32 Å². The molecule has 1 aromatic carbocycles. The Morgan fingerprint density at radius 1 is 1.22 bits per heavy atom. The van der Waals surface area contributed by atoms with Crippen LogP contribution < -0.4 is 10.6 Å². The molecule has 1 fully saturated rings. The van der Waals surface area contributed by atoms with Gasteiger partial charge < -0.3 is 5.32 Å². The third-order valence-electron chi connectivity index (χ3n) is 2.94. The number of carbonyl (C=O) groups is 2. The number of nitrogens with zero attached hydrogens (tertiary/aromatic N) is 1. The maximum absolute atomic E-state index is 11.5. The maximum Gasteiger partial charge on any atom is 0.249 e. The first-order valence-corrected chi connectivity index (χ1v) is 5.68. The molecule has 2 aromatic rings. The zero-order chi connectivity index (χ0) is 12.5. The topological polar surface area (TPSA) is 71.1 Å². The van der Waals surface area contributed by atoms with Crippen molar-refractivity contribution < 1.29 is 9.59 Å². The highest BCUT2D eigenvalue weighted by Crippen LogP contribution is 2.23. The molecule has 5 nitrogen and oxygen atoms in total. The summed E-state index contributed by atoms with van der Waals surface area (Å²) >= 11 is 0. The average Bonchev–Trinajstić information content (AvgIpc) is 2.68. The Kier molecular flexibility index (Phi) is 2.44. The maximum atomic E-state index is 11.5. The van der Waals surface area contributed by atoms with Gasteiger partial charge in [0, 0.05) is 17.3 Å². The van der Waals surface area contributed by atoms with Crippen LogP contribution in [0.15, 0.2) is 36.5 Å². The number of nitrogens with one attached hydrogen (secondary N) is 2. The molecule has 18 heavy (non-hydrogen) atoms. The van der Waals surface area contributed by atoms with E-state index in [1.807, 2.05) is 30.3 Å². The van der Waals surface area contributed by atoms with E-state index in [2.05, 4.69) is 15.6 Å². The number of benzene rings is 1. The lowest BCUT2D eigenvalue weighted by Gasteiger charge is -2.12. The summed E-state index contributed by atoms with van der Waals surface area (Å²) in [5.41, 5.74) is 1.67. The first kappa shape index (κ1) is 10.7. The zero-order valence-electron chi connectivity index (χ0n) is 9.51. The summed E-state index contributed by atoms with van der Waals surface area (Å²) in [5, 5.41) is 6.31.